The van der Waals surface area contributed by atoms with Crippen molar-refractivity contribution in [2.24, 2.45) is 4.99 Å². The second-order valence-electron chi connectivity index (χ2n) is 8.64. The fraction of sp³-hybridized carbons (Fsp3) is 0.400. The molecule has 1 saturated heterocycles. The molecule has 0 radical (unpaired) electrons. The number of likely N-dealkylation sites (N-methyl/N-ethyl adjacent to an activating group) is 1. The Morgan fingerprint density at radius 1 is 1.03 bits per heavy atom. The third-order valence-electron chi connectivity index (χ3n) is 6.18. The van der Waals surface area contributed by atoms with Gasteiger partial charge in [-0.15, -0.1) is 0 Å². The highest BCUT2D eigenvalue weighted by Crippen LogP contribution is 2.39. The number of nitrogens with zero attached hydrogens (tertiary/aromatic N) is 3. The largest absolute Gasteiger partial charge is 0.378 e. The van der Waals surface area contributed by atoms with Crippen LogP contribution in [0.3, 0.4) is 0 Å². The van der Waals surface area contributed by atoms with Crippen LogP contribution < -0.4 is 9.80 Å². The number of hydrogen-bond acceptors (Lipinski definition) is 4. The molecule has 0 N–H and O–H groups in total. The number of morpholine rings is 1. The van der Waals surface area contributed by atoms with E-state index in [0.29, 0.717) is 0 Å². The van der Waals surface area contributed by atoms with Gasteiger partial charge in [0.2, 0.25) is 0 Å². The number of aryl methyl sites for hydroxylation is 1. The van der Waals surface area contributed by atoms with Gasteiger partial charge in [0.15, 0.2) is 0 Å². The molecular formula is C25H31N3O. The molecule has 4 heteroatoms. The topological polar surface area (TPSA) is 28.1 Å². The van der Waals surface area contributed by atoms with Crippen LogP contribution in [0.15, 0.2) is 47.5 Å². The van der Waals surface area contributed by atoms with Crippen LogP contribution in [0.25, 0.3) is 5.57 Å². The molecule has 4 nitrogen and oxygen atoms in total. The van der Waals surface area contributed by atoms with Gasteiger partial charge in [-0.1, -0.05) is 6.08 Å². The van der Waals surface area contributed by atoms with E-state index in [1.807, 2.05) is 6.21 Å². The van der Waals surface area contributed by atoms with E-state index in [4.69, 9.17) is 9.73 Å². The number of anilines is 2. The van der Waals surface area contributed by atoms with Gasteiger partial charge >= 0.3 is 0 Å². The molecule has 0 atom stereocenters. The number of allylic oxidation sites excluding steroid dienone is 1. The molecule has 0 spiro atoms. The molecule has 0 amide bonds. The number of fused-ring (bicyclic) bond motifs is 1. The normalized spacial score (nSPS) is 18.7. The van der Waals surface area contributed by atoms with Crippen molar-refractivity contribution in [3.63, 3.8) is 0 Å². The highest BCUT2D eigenvalue weighted by molar-refractivity contribution is 5.90. The molecule has 0 aromatic heterocycles. The summed E-state index contributed by atoms with van der Waals surface area (Å²) in [7, 11) is 2.17. The third-order valence-corrected chi connectivity index (χ3v) is 6.18. The van der Waals surface area contributed by atoms with Crippen LogP contribution in [-0.2, 0) is 4.74 Å². The van der Waals surface area contributed by atoms with E-state index in [0.717, 1.165) is 32.0 Å². The molecule has 4 rings (SSSR count). The highest BCUT2D eigenvalue weighted by atomic mass is 16.5. The van der Waals surface area contributed by atoms with Crippen LogP contribution in [-0.4, -0.2) is 45.1 Å². The van der Waals surface area contributed by atoms with Crippen LogP contribution in [0, 0.1) is 6.92 Å². The molecule has 0 aliphatic carbocycles. The predicted molar refractivity (Wildman–Crippen MR) is 124 cm³/mol. The monoisotopic (exact) mass is 389 g/mol. The molecule has 2 aliphatic rings. The molecule has 0 saturated carbocycles. The Bertz CT molecular complexity index is 951. The first-order valence-corrected chi connectivity index (χ1v) is 10.4. The van der Waals surface area contributed by atoms with Gasteiger partial charge < -0.3 is 14.5 Å². The van der Waals surface area contributed by atoms with E-state index >= 15 is 0 Å². The summed E-state index contributed by atoms with van der Waals surface area (Å²) in [6, 6.07) is 13.1. The zero-order chi connectivity index (χ0) is 20.6. The van der Waals surface area contributed by atoms with Gasteiger partial charge in [-0.25, -0.2) is 0 Å². The first-order chi connectivity index (χ1) is 13.8. The van der Waals surface area contributed by atoms with Crippen molar-refractivity contribution < 1.29 is 4.74 Å². The Kier molecular flexibility index (Phi) is 5.22. The lowest BCUT2D eigenvalue weighted by molar-refractivity contribution is 0.122. The van der Waals surface area contributed by atoms with Crippen LogP contribution >= 0.6 is 0 Å². The molecule has 2 aliphatic heterocycles. The van der Waals surface area contributed by atoms with Gasteiger partial charge in [0.25, 0.3) is 0 Å². The summed E-state index contributed by atoms with van der Waals surface area (Å²) in [5, 5.41) is 0. The number of ether oxygens (including phenoxy) is 1. The highest BCUT2D eigenvalue weighted by Gasteiger charge is 2.28. The van der Waals surface area contributed by atoms with Crippen molar-refractivity contribution in [2.75, 3.05) is 43.2 Å². The lowest BCUT2D eigenvalue weighted by Gasteiger charge is -2.41. The Hall–Kier alpha value is -2.59. The lowest BCUT2D eigenvalue weighted by Crippen LogP contribution is -2.42. The summed E-state index contributed by atoms with van der Waals surface area (Å²) < 4.78 is 5.44. The van der Waals surface area contributed by atoms with Crippen LogP contribution in [0.2, 0.25) is 0 Å². The lowest BCUT2D eigenvalue weighted by atomic mass is 9.87. The number of hydrogen-bond donors (Lipinski definition) is 0. The summed E-state index contributed by atoms with van der Waals surface area (Å²) >= 11 is 0. The summed E-state index contributed by atoms with van der Waals surface area (Å²) in [5.74, 6) is 0. The van der Waals surface area contributed by atoms with E-state index < -0.39 is 0 Å². The van der Waals surface area contributed by atoms with E-state index in [9.17, 15) is 0 Å². The Labute approximate surface area is 174 Å². The average Bonchev–Trinajstić information content (AvgIpc) is 2.72. The molecule has 152 valence electrons. The van der Waals surface area contributed by atoms with Crippen molar-refractivity contribution >= 4 is 28.8 Å². The standard InChI is InChI=1S/C25H31N3O/c1-18-14-24-23(19(2)16-25(3,4)27(24)5)15-20(18)17-26-21-6-8-22(9-7-21)28-10-12-29-13-11-28/h6-9,14-17H,10-13H2,1-5H3. The maximum absolute atomic E-state index is 5.44. The number of rotatable bonds is 3. The summed E-state index contributed by atoms with van der Waals surface area (Å²) in [6.07, 6.45) is 4.34. The Balaban J connectivity index is 1.57. The minimum atomic E-state index is 0.0291. The van der Waals surface area contributed by atoms with Crippen molar-refractivity contribution in [2.45, 2.75) is 33.2 Å². The molecule has 1 fully saturated rings. The zero-order valence-corrected chi connectivity index (χ0v) is 18.2. The first kappa shape index (κ1) is 19.7. The Morgan fingerprint density at radius 2 is 1.72 bits per heavy atom. The zero-order valence-electron chi connectivity index (χ0n) is 18.2. The SMILES string of the molecule is CC1=CC(C)(C)N(C)c2cc(C)c(C=Nc3ccc(N4CCOCC4)cc3)cc21. The van der Waals surface area contributed by atoms with E-state index in [-0.39, 0.29) is 5.54 Å². The number of benzene rings is 2. The molecule has 29 heavy (non-hydrogen) atoms. The van der Waals surface area contributed by atoms with Crippen molar-refractivity contribution in [1.29, 1.82) is 0 Å². The fourth-order valence-electron chi connectivity index (χ4n) is 4.17. The maximum atomic E-state index is 5.44. The molecule has 0 unspecified atom stereocenters. The van der Waals surface area contributed by atoms with Crippen LogP contribution in [0.5, 0.6) is 0 Å². The fourth-order valence-corrected chi connectivity index (χ4v) is 4.17. The van der Waals surface area contributed by atoms with Gasteiger partial charge in [-0.3, -0.25) is 4.99 Å². The molecule has 2 aromatic carbocycles. The number of aliphatic imine (C=N–C) groups is 1. The van der Waals surface area contributed by atoms with Crippen molar-refractivity contribution in [3.8, 4) is 0 Å². The summed E-state index contributed by atoms with van der Waals surface area (Å²) in [5.41, 5.74) is 8.57. The maximum Gasteiger partial charge on any atom is 0.0642 e. The van der Waals surface area contributed by atoms with Gasteiger partial charge in [-0.2, -0.15) is 0 Å². The van der Waals surface area contributed by atoms with Crippen molar-refractivity contribution in [3.05, 3.63) is 59.2 Å². The smallest absolute Gasteiger partial charge is 0.0642 e. The average molecular weight is 390 g/mol. The molecular weight excluding hydrogens is 358 g/mol. The van der Waals surface area contributed by atoms with Gasteiger partial charge in [0.05, 0.1) is 24.4 Å². The van der Waals surface area contributed by atoms with Crippen LogP contribution in [0.1, 0.15) is 37.5 Å². The van der Waals surface area contributed by atoms with Crippen LogP contribution in [0.4, 0.5) is 17.1 Å². The minimum Gasteiger partial charge on any atom is -0.378 e. The predicted octanol–water partition coefficient (Wildman–Crippen LogP) is 5.21. The van der Waals surface area contributed by atoms with Gasteiger partial charge in [-0.05, 0) is 80.8 Å². The first-order valence-electron chi connectivity index (χ1n) is 10.4. The summed E-state index contributed by atoms with van der Waals surface area (Å²) in [6.45, 7) is 12.4. The molecule has 0 bridgehead atoms. The quantitative estimate of drug-likeness (QED) is 0.674. The van der Waals surface area contributed by atoms with E-state index in [1.54, 1.807) is 0 Å². The summed E-state index contributed by atoms with van der Waals surface area (Å²) in [4.78, 5) is 9.46. The molecule has 2 aromatic rings. The third kappa shape index (κ3) is 3.95. The van der Waals surface area contributed by atoms with E-state index in [2.05, 4.69) is 87.0 Å². The minimum absolute atomic E-state index is 0.0291. The second-order valence-corrected chi connectivity index (χ2v) is 8.64. The second kappa shape index (κ2) is 7.68. The molecule has 2 heterocycles. The Morgan fingerprint density at radius 3 is 2.41 bits per heavy atom. The van der Waals surface area contributed by atoms with Crippen molar-refractivity contribution in [1.82, 2.24) is 0 Å². The van der Waals surface area contributed by atoms with E-state index in [1.165, 1.54) is 33.6 Å². The van der Waals surface area contributed by atoms with Gasteiger partial charge in [0, 0.05) is 43.3 Å². The van der Waals surface area contributed by atoms with Gasteiger partial charge in [0.1, 0.15) is 0 Å².